The van der Waals surface area contributed by atoms with Crippen molar-refractivity contribution in [1.82, 2.24) is 30.4 Å². The van der Waals surface area contributed by atoms with E-state index in [0.717, 1.165) is 18.0 Å². The van der Waals surface area contributed by atoms with Gasteiger partial charge in [0.05, 0.1) is 12.2 Å². The number of hydrogen-bond donors (Lipinski definition) is 3. The third-order valence-corrected chi connectivity index (χ3v) is 3.23. The van der Waals surface area contributed by atoms with Crippen molar-refractivity contribution < 1.29 is 13.2 Å². The van der Waals surface area contributed by atoms with E-state index in [1.807, 2.05) is 13.1 Å². The highest BCUT2D eigenvalue weighted by Crippen LogP contribution is 2.27. The number of nitrogens with one attached hydrogen (secondary N) is 3. The van der Waals surface area contributed by atoms with E-state index in [1.165, 1.54) is 0 Å². The minimum atomic E-state index is -4.49. The molecule has 0 aliphatic carbocycles. The molecule has 0 aliphatic rings. The Morgan fingerprint density at radius 3 is 2.64 bits per heavy atom. The normalized spacial score (nSPS) is 12.1. The van der Waals surface area contributed by atoms with Gasteiger partial charge in [-0.3, -0.25) is 9.67 Å². The summed E-state index contributed by atoms with van der Waals surface area (Å²) in [7, 11) is 3.47. The molecule has 25 heavy (non-hydrogen) atoms. The Balaban J connectivity index is 1.75. The van der Waals surface area contributed by atoms with E-state index in [2.05, 4.69) is 36.0 Å². The van der Waals surface area contributed by atoms with Crippen molar-refractivity contribution in [1.29, 1.82) is 0 Å². The van der Waals surface area contributed by atoms with Crippen LogP contribution in [-0.2, 0) is 19.8 Å². The van der Waals surface area contributed by atoms with Gasteiger partial charge >= 0.3 is 6.18 Å². The molecule has 0 aromatic carbocycles. The van der Waals surface area contributed by atoms with Crippen molar-refractivity contribution in [3.63, 3.8) is 0 Å². The van der Waals surface area contributed by atoms with Gasteiger partial charge in [-0.2, -0.15) is 18.3 Å². The molecule has 0 atom stereocenters. The van der Waals surface area contributed by atoms with Crippen LogP contribution in [0.1, 0.15) is 11.4 Å². The number of aromatic nitrogens is 4. The third-order valence-electron chi connectivity index (χ3n) is 3.23. The van der Waals surface area contributed by atoms with Crippen LogP contribution >= 0.6 is 0 Å². The fourth-order valence-electron chi connectivity index (χ4n) is 1.93. The molecular formula is C14H19F3N8. The first-order valence-electron chi connectivity index (χ1n) is 7.45. The molecule has 0 saturated heterocycles. The van der Waals surface area contributed by atoms with Crippen molar-refractivity contribution in [2.75, 3.05) is 25.5 Å². The molecule has 2 aromatic heterocycles. The van der Waals surface area contributed by atoms with E-state index in [4.69, 9.17) is 0 Å². The van der Waals surface area contributed by atoms with Gasteiger partial charge in [0.15, 0.2) is 5.96 Å². The van der Waals surface area contributed by atoms with Crippen LogP contribution in [0.3, 0.4) is 0 Å². The van der Waals surface area contributed by atoms with E-state index >= 15 is 0 Å². The molecular weight excluding hydrogens is 337 g/mol. The molecule has 2 aromatic rings. The monoisotopic (exact) mass is 356 g/mol. The average molecular weight is 356 g/mol. The maximum absolute atomic E-state index is 12.6. The number of hydrogen-bond acceptors (Lipinski definition) is 5. The standard InChI is InChI=1S/C14H19F3N8/c1-18-12(22-9-10-3-6-23-25(10)2)20-7-8-21-13-19-5-4-11(24-13)14(15,16)17/h3-6H,7-9H2,1-2H3,(H2,18,20,22)(H,19,21,24). The minimum Gasteiger partial charge on any atom is -0.355 e. The molecule has 0 aliphatic heterocycles. The smallest absolute Gasteiger partial charge is 0.355 e. The Labute approximate surface area is 142 Å². The average Bonchev–Trinajstić information content (AvgIpc) is 2.99. The quantitative estimate of drug-likeness (QED) is 0.406. The molecule has 0 spiro atoms. The van der Waals surface area contributed by atoms with Gasteiger partial charge in [0.25, 0.3) is 0 Å². The number of halogens is 3. The Kier molecular flexibility index (Phi) is 6.14. The maximum Gasteiger partial charge on any atom is 0.433 e. The molecule has 0 bridgehead atoms. The predicted octanol–water partition coefficient (Wildman–Crippen LogP) is 1.01. The molecule has 2 rings (SSSR count). The highest BCUT2D eigenvalue weighted by atomic mass is 19.4. The molecule has 0 unspecified atom stereocenters. The molecule has 0 radical (unpaired) electrons. The summed E-state index contributed by atoms with van der Waals surface area (Å²) in [5.41, 5.74) is 0.00468. The van der Waals surface area contributed by atoms with Gasteiger partial charge in [-0.15, -0.1) is 0 Å². The highest BCUT2D eigenvalue weighted by molar-refractivity contribution is 5.79. The van der Waals surface area contributed by atoms with Crippen LogP contribution in [0.5, 0.6) is 0 Å². The molecule has 0 saturated carbocycles. The van der Waals surface area contributed by atoms with Crippen LogP contribution in [0.15, 0.2) is 29.5 Å². The largest absolute Gasteiger partial charge is 0.433 e. The molecule has 136 valence electrons. The summed E-state index contributed by atoms with van der Waals surface area (Å²) in [6.07, 6.45) is -1.72. The second-order valence-corrected chi connectivity index (χ2v) is 4.99. The van der Waals surface area contributed by atoms with Gasteiger partial charge in [0.2, 0.25) is 5.95 Å². The Hall–Kier alpha value is -2.85. The zero-order valence-electron chi connectivity index (χ0n) is 13.8. The molecule has 2 heterocycles. The van der Waals surface area contributed by atoms with Gasteiger partial charge in [-0.25, -0.2) is 9.97 Å². The maximum atomic E-state index is 12.6. The minimum absolute atomic E-state index is 0.0746. The Morgan fingerprint density at radius 2 is 2.00 bits per heavy atom. The second kappa shape index (κ2) is 8.31. The molecule has 8 nitrogen and oxygen atoms in total. The molecule has 3 N–H and O–H groups in total. The van der Waals surface area contributed by atoms with Gasteiger partial charge < -0.3 is 16.0 Å². The highest BCUT2D eigenvalue weighted by Gasteiger charge is 2.32. The summed E-state index contributed by atoms with van der Waals surface area (Å²) >= 11 is 0. The predicted molar refractivity (Wildman–Crippen MR) is 86.9 cm³/mol. The SMILES string of the molecule is CN=C(NCCNc1nccc(C(F)(F)F)n1)NCc1ccnn1C. The number of aliphatic imine (C=N–C) groups is 1. The van der Waals surface area contributed by atoms with Crippen molar-refractivity contribution in [3.05, 3.63) is 35.9 Å². The summed E-state index contributed by atoms with van der Waals surface area (Å²) < 4.78 is 39.5. The number of alkyl halides is 3. The van der Waals surface area contributed by atoms with Crippen LogP contribution < -0.4 is 16.0 Å². The lowest BCUT2D eigenvalue weighted by Crippen LogP contribution is -2.39. The lowest BCUT2D eigenvalue weighted by Gasteiger charge is -2.13. The van der Waals surface area contributed by atoms with Crippen LogP contribution in [0.25, 0.3) is 0 Å². The lowest BCUT2D eigenvalue weighted by molar-refractivity contribution is -0.141. The van der Waals surface area contributed by atoms with Gasteiger partial charge in [0, 0.05) is 39.6 Å². The Morgan fingerprint density at radius 1 is 1.20 bits per heavy atom. The van der Waals surface area contributed by atoms with Crippen molar-refractivity contribution in [3.8, 4) is 0 Å². The second-order valence-electron chi connectivity index (χ2n) is 4.99. The van der Waals surface area contributed by atoms with Gasteiger partial charge in [-0.1, -0.05) is 0 Å². The molecule has 0 amide bonds. The lowest BCUT2D eigenvalue weighted by atomic mass is 10.4. The topological polar surface area (TPSA) is 92.1 Å². The van der Waals surface area contributed by atoms with Gasteiger partial charge in [-0.05, 0) is 12.1 Å². The number of rotatable bonds is 6. The van der Waals surface area contributed by atoms with Crippen LogP contribution in [0, 0.1) is 0 Å². The number of nitrogens with zero attached hydrogens (tertiary/aromatic N) is 5. The number of aryl methyl sites for hydroxylation is 1. The summed E-state index contributed by atoms with van der Waals surface area (Å²) in [6, 6.07) is 2.71. The van der Waals surface area contributed by atoms with Crippen molar-refractivity contribution in [2.24, 2.45) is 12.0 Å². The Bertz CT molecular complexity index is 710. The fraction of sp³-hybridized carbons (Fsp3) is 0.429. The summed E-state index contributed by atoms with van der Waals surface area (Å²) in [6.45, 7) is 1.29. The third kappa shape index (κ3) is 5.62. The number of guanidine groups is 1. The van der Waals surface area contributed by atoms with Crippen LogP contribution in [0.4, 0.5) is 19.1 Å². The van der Waals surface area contributed by atoms with Crippen LogP contribution in [-0.4, -0.2) is 45.8 Å². The first-order valence-corrected chi connectivity index (χ1v) is 7.45. The zero-order chi connectivity index (χ0) is 18.3. The molecule has 11 heteroatoms. The molecule has 0 fully saturated rings. The number of anilines is 1. The van der Waals surface area contributed by atoms with Crippen molar-refractivity contribution in [2.45, 2.75) is 12.7 Å². The summed E-state index contributed by atoms with van der Waals surface area (Å²) in [4.78, 5) is 11.3. The van der Waals surface area contributed by atoms with E-state index in [0.29, 0.717) is 25.6 Å². The van der Waals surface area contributed by atoms with E-state index in [-0.39, 0.29) is 5.95 Å². The van der Waals surface area contributed by atoms with E-state index in [9.17, 15) is 13.2 Å². The zero-order valence-corrected chi connectivity index (χ0v) is 13.8. The fourth-order valence-corrected chi connectivity index (χ4v) is 1.93. The first-order chi connectivity index (χ1) is 11.9. The summed E-state index contributed by atoms with van der Waals surface area (Å²) in [5, 5.41) is 12.9. The van der Waals surface area contributed by atoms with E-state index < -0.39 is 11.9 Å². The van der Waals surface area contributed by atoms with Gasteiger partial charge in [0.1, 0.15) is 5.69 Å². The first kappa shape index (κ1) is 18.5. The van der Waals surface area contributed by atoms with Crippen LogP contribution in [0.2, 0.25) is 0 Å². The van der Waals surface area contributed by atoms with Crippen molar-refractivity contribution >= 4 is 11.9 Å². The summed E-state index contributed by atoms with van der Waals surface area (Å²) in [5.74, 6) is 0.488. The van der Waals surface area contributed by atoms with E-state index in [1.54, 1.807) is 17.9 Å².